The van der Waals surface area contributed by atoms with Crippen molar-refractivity contribution in [3.8, 4) is 0 Å². The van der Waals surface area contributed by atoms with Crippen molar-refractivity contribution in [1.82, 2.24) is 19.4 Å². The molecule has 0 aromatic carbocycles. The number of hydrogen-bond acceptors (Lipinski definition) is 4. The van der Waals surface area contributed by atoms with E-state index in [1.54, 1.807) is 7.11 Å². The van der Waals surface area contributed by atoms with E-state index in [4.69, 9.17) is 4.74 Å². The van der Waals surface area contributed by atoms with Gasteiger partial charge in [0.2, 0.25) is 5.91 Å². The van der Waals surface area contributed by atoms with E-state index in [9.17, 15) is 4.79 Å². The number of imidazole rings is 1. The van der Waals surface area contributed by atoms with Crippen LogP contribution >= 0.6 is 0 Å². The SMILES string of the molecule is COCCC1(C(=O)N2CCN(C)[C@H](c3nccn3C)C2)CCC1. The van der Waals surface area contributed by atoms with Crippen LogP contribution in [0.4, 0.5) is 0 Å². The van der Waals surface area contributed by atoms with E-state index in [1.165, 1.54) is 0 Å². The Hall–Kier alpha value is -1.40. The highest BCUT2D eigenvalue weighted by molar-refractivity contribution is 5.83. The number of carbonyl (C=O) groups excluding carboxylic acids is 1. The molecule has 0 bridgehead atoms. The van der Waals surface area contributed by atoms with E-state index >= 15 is 0 Å². The van der Waals surface area contributed by atoms with Crippen LogP contribution in [-0.4, -0.2) is 65.7 Å². The second-order valence-corrected chi connectivity index (χ2v) is 7.02. The highest BCUT2D eigenvalue weighted by Gasteiger charge is 2.47. The van der Waals surface area contributed by atoms with Gasteiger partial charge in [0.1, 0.15) is 5.82 Å². The third kappa shape index (κ3) is 3.02. The Balaban J connectivity index is 1.73. The summed E-state index contributed by atoms with van der Waals surface area (Å²) in [4.78, 5) is 22.0. The first-order valence-corrected chi connectivity index (χ1v) is 8.53. The molecule has 1 aromatic heterocycles. The van der Waals surface area contributed by atoms with E-state index in [0.29, 0.717) is 12.5 Å². The van der Waals surface area contributed by atoms with Crippen LogP contribution < -0.4 is 0 Å². The van der Waals surface area contributed by atoms with Crippen molar-refractivity contribution < 1.29 is 9.53 Å². The van der Waals surface area contributed by atoms with Crippen molar-refractivity contribution in [2.75, 3.05) is 40.4 Å². The molecule has 2 fully saturated rings. The standard InChI is InChI=1S/C17H28N4O2/c1-19-10-11-21(13-14(19)15-18-8-9-20(15)2)16(22)17(5-4-6-17)7-12-23-3/h8-9,14H,4-7,10-13H2,1-3H3/t14-/m0/s1. The second kappa shape index (κ2) is 6.61. The van der Waals surface area contributed by atoms with Crippen LogP contribution in [0.25, 0.3) is 0 Å². The van der Waals surface area contributed by atoms with Gasteiger partial charge >= 0.3 is 0 Å². The van der Waals surface area contributed by atoms with E-state index in [-0.39, 0.29) is 11.5 Å². The van der Waals surface area contributed by atoms with E-state index < -0.39 is 0 Å². The fourth-order valence-corrected chi connectivity index (χ4v) is 3.84. The molecular formula is C17H28N4O2. The first kappa shape index (κ1) is 16.5. The van der Waals surface area contributed by atoms with E-state index in [2.05, 4.69) is 26.4 Å². The van der Waals surface area contributed by atoms with Crippen molar-refractivity contribution in [2.24, 2.45) is 12.5 Å². The fourth-order valence-electron chi connectivity index (χ4n) is 3.84. The molecule has 1 saturated carbocycles. The molecule has 1 amide bonds. The quantitative estimate of drug-likeness (QED) is 0.824. The molecule has 6 nitrogen and oxygen atoms in total. The lowest BCUT2D eigenvalue weighted by Gasteiger charge is -2.47. The predicted octanol–water partition coefficient (Wildman–Crippen LogP) is 1.44. The Morgan fingerprint density at radius 1 is 1.39 bits per heavy atom. The molecule has 1 saturated heterocycles. The van der Waals surface area contributed by atoms with Crippen LogP contribution in [0.5, 0.6) is 0 Å². The van der Waals surface area contributed by atoms with Gasteiger partial charge in [-0.1, -0.05) is 6.42 Å². The Labute approximate surface area is 138 Å². The van der Waals surface area contributed by atoms with Crippen LogP contribution in [0.3, 0.4) is 0 Å². The van der Waals surface area contributed by atoms with Crippen molar-refractivity contribution >= 4 is 5.91 Å². The van der Waals surface area contributed by atoms with Gasteiger partial charge in [0.05, 0.1) is 11.5 Å². The number of carbonyl (C=O) groups is 1. The number of aryl methyl sites for hydroxylation is 1. The van der Waals surface area contributed by atoms with Gasteiger partial charge in [0.15, 0.2) is 0 Å². The molecule has 3 rings (SSSR count). The molecule has 2 heterocycles. The zero-order valence-electron chi connectivity index (χ0n) is 14.5. The second-order valence-electron chi connectivity index (χ2n) is 7.02. The van der Waals surface area contributed by atoms with Crippen molar-refractivity contribution in [3.63, 3.8) is 0 Å². The monoisotopic (exact) mass is 320 g/mol. The summed E-state index contributed by atoms with van der Waals surface area (Å²) in [7, 11) is 5.85. The Bertz CT molecular complexity index is 553. The van der Waals surface area contributed by atoms with Crippen LogP contribution in [0.1, 0.15) is 37.5 Å². The zero-order valence-corrected chi connectivity index (χ0v) is 14.5. The predicted molar refractivity (Wildman–Crippen MR) is 87.9 cm³/mol. The summed E-state index contributed by atoms with van der Waals surface area (Å²) in [5.41, 5.74) is -0.169. The van der Waals surface area contributed by atoms with Crippen LogP contribution in [0.15, 0.2) is 12.4 Å². The number of methoxy groups -OCH3 is 1. The van der Waals surface area contributed by atoms with Gasteiger partial charge in [-0.15, -0.1) is 0 Å². The third-order valence-electron chi connectivity index (χ3n) is 5.64. The number of rotatable bonds is 5. The Morgan fingerprint density at radius 2 is 2.17 bits per heavy atom. The molecule has 2 aliphatic rings. The van der Waals surface area contributed by atoms with Crippen LogP contribution in [0, 0.1) is 5.41 Å². The van der Waals surface area contributed by atoms with E-state index in [1.807, 2.05) is 19.4 Å². The number of nitrogens with zero attached hydrogens (tertiary/aromatic N) is 4. The van der Waals surface area contributed by atoms with Gasteiger partial charge in [-0.2, -0.15) is 0 Å². The summed E-state index contributed by atoms with van der Waals surface area (Å²) in [6.07, 6.45) is 7.82. The van der Waals surface area contributed by atoms with Gasteiger partial charge < -0.3 is 14.2 Å². The highest BCUT2D eigenvalue weighted by Crippen LogP contribution is 2.46. The first-order valence-electron chi connectivity index (χ1n) is 8.53. The minimum absolute atomic E-state index is 0.169. The van der Waals surface area contributed by atoms with Gasteiger partial charge in [0, 0.05) is 52.8 Å². The lowest BCUT2D eigenvalue weighted by atomic mass is 9.65. The maximum absolute atomic E-state index is 13.1. The maximum atomic E-state index is 13.1. The van der Waals surface area contributed by atoms with Crippen molar-refractivity contribution in [3.05, 3.63) is 18.2 Å². The zero-order chi connectivity index (χ0) is 16.4. The molecule has 1 aromatic rings. The number of ether oxygens (including phenoxy) is 1. The third-order valence-corrected chi connectivity index (χ3v) is 5.64. The lowest BCUT2D eigenvalue weighted by Crippen LogP contribution is -2.55. The van der Waals surface area contributed by atoms with Gasteiger partial charge in [-0.25, -0.2) is 4.98 Å². The number of amides is 1. The summed E-state index contributed by atoms with van der Waals surface area (Å²) in [5.74, 6) is 1.36. The van der Waals surface area contributed by atoms with Crippen molar-refractivity contribution in [1.29, 1.82) is 0 Å². The molecule has 23 heavy (non-hydrogen) atoms. The molecule has 0 radical (unpaired) electrons. The molecule has 1 aliphatic heterocycles. The summed E-state index contributed by atoms with van der Waals surface area (Å²) < 4.78 is 7.29. The number of likely N-dealkylation sites (N-methyl/N-ethyl adjacent to an activating group) is 1. The molecule has 0 N–H and O–H groups in total. The van der Waals surface area contributed by atoms with Crippen LogP contribution in [-0.2, 0) is 16.6 Å². The largest absolute Gasteiger partial charge is 0.385 e. The molecular weight excluding hydrogens is 292 g/mol. The Morgan fingerprint density at radius 3 is 2.74 bits per heavy atom. The first-order chi connectivity index (χ1) is 11.1. The van der Waals surface area contributed by atoms with Crippen LogP contribution in [0.2, 0.25) is 0 Å². The minimum atomic E-state index is -0.169. The van der Waals surface area contributed by atoms with Crippen molar-refractivity contribution in [2.45, 2.75) is 31.7 Å². The minimum Gasteiger partial charge on any atom is -0.385 e. The molecule has 1 atom stereocenters. The van der Waals surface area contributed by atoms with Gasteiger partial charge in [-0.3, -0.25) is 9.69 Å². The molecule has 128 valence electrons. The summed E-state index contributed by atoms with van der Waals surface area (Å²) >= 11 is 0. The summed E-state index contributed by atoms with van der Waals surface area (Å²) in [6, 6.07) is 0.173. The number of aromatic nitrogens is 2. The maximum Gasteiger partial charge on any atom is 0.228 e. The molecule has 0 spiro atoms. The van der Waals surface area contributed by atoms with E-state index in [0.717, 1.165) is 51.1 Å². The Kier molecular flexibility index (Phi) is 4.73. The van der Waals surface area contributed by atoms with Gasteiger partial charge in [0.25, 0.3) is 0 Å². The average Bonchev–Trinajstić information content (AvgIpc) is 2.92. The molecule has 6 heteroatoms. The van der Waals surface area contributed by atoms with Gasteiger partial charge in [-0.05, 0) is 26.3 Å². The summed E-state index contributed by atoms with van der Waals surface area (Å²) in [5, 5.41) is 0. The summed E-state index contributed by atoms with van der Waals surface area (Å²) in [6.45, 7) is 3.10. The fraction of sp³-hybridized carbons (Fsp3) is 0.765. The normalized spacial score (nSPS) is 24.5. The smallest absolute Gasteiger partial charge is 0.228 e. The highest BCUT2D eigenvalue weighted by atomic mass is 16.5. The average molecular weight is 320 g/mol. The number of piperazine rings is 1. The lowest BCUT2D eigenvalue weighted by molar-refractivity contribution is -0.152. The number of hydrogen-bond donors (Lipinski definition) is 0. The topological polar surface area (TPSA) is 50.6 Å². The molecule has 0 unspecified atom stereocenters. The molecule has 1 aliphatic carbocycles.